The summed E-state index contributed by atoms with van der Waals surface area (Å²) < 4.78 is 4.61. The molecule has 0 fully saturated rings. The number of rotatable bonds is 3. The number of hydrogen-bond donors (Lipinski definition) is 2. The number of amides is 2. The van der Waals surface area contributed by atoms with E-state index in [1.807, 2.05) is 0 Å². The lowest BCUT2D eigenvalue weighted by atomic mass is 10.5. The highest BCUT2D eigenvalue weighted by molar-refractivity contribution is 6.34. The fraction of sp³-hybridized carbons (Fsp3) is 0.600. The minimum absolute atomic E-state index is 0.304. The van der Waals surface area contributed by atoms with Crippen molar-refractivity contribution in [2.75, 3.05) is 20.3 Å². The molecule has 0 unspecified atom stereocenters. The third kappa shape index (κ3) is 3.85. The summed E-state index contributed by atoms with van der Waals surface area (Å²) in [6.45, 7) is 0.678. The molecule has 5 heteroatoms. The molecule has 0 bridgehead atoms. The molecular weight excluding hydrogens is 136 g/mol. The number of ether oxygens (including phenoxy) is 1. The van der Waals surface area contributed by atoms with Crippen LogP contribution in [0.4, 0.5) is 0 Å². The fourth-order valence-corrected chi connectivity index (χ4v) is 0.354. The van der Waals surface area contributed by atoms with Crippen molar-refractivity contribution in [1.29, 1.82) is 0 Å². The van der Waals surface area contributed by atoms with Gasteiger partial charge in [0.25, 0.3) is 0 Å². The van der Waals surface area contributed by atoms with E-state index >= 15 is 0 Å². The highest BCUT2D eigenvalue weighted by atomic mass is 16.5. The van der Waals surface area contributed by atoms with Gasteiger partial charge in [-0.2, -0.15) is 0 Å². The zero-order valence-corrected chi connectivity index (χ0v) is 5.72. The first-order valence-corrected chi connectivity index (χ1v) is 2.75. The van der Waals surface area contributed by atoms with Gasteiger partial charge in [0.05, 0.1) is 6.61 Å². The van der Waals surface area contributed by atoms with Gasteiger partial charge in [-0.15, -0.1) is 0 Å². The zero-order valence-electron chi connectivity index (χ0n) is 5.72. The summed E-state index contributed by atoms with van der Waals surface area (Å²) in [5.41, 5.74) is 4.63. The van der Waals surface area contributed by atoms with Crippen LogP contribution in [0.25, 0.3) is 0 Å². The molecule has 0 radical (unpaired) electrons. The first kappa shape index (κ1) is 8.90. The Kier molecular flexibility index (Phi) is 4.23. The van der Waals surface area contributed by atoms with Gasteiger partial charge in [-0.1, -0.05) is 0 Å². The fourth-order valence-electron chi connectivity index (χ4n) is 0.354. The Morgan fingerprint density at radius 3 is 2.60 bits per heavy atom. The lowest BCUT2D eigenvalue weighted by Crippen LogP contribution is -2.37. The topological polar surface area (TPSA) is 81.4 Å². The third-order valence-corrected chi connectivity index (χ3v) is 0.816. The number of nitrogens with one attached hydrogen (secondary N) is 1. The van der Waals surface area contributed by atoms with Crippen molar-refractivity contribution in [3.05, 3.63) is 0 Å². The Balaban J connectivity index is 3.31. The van der Waals surface area contributed by atoms with Crippen molar-refractivity contribution in [2.24, 2.45) is 5.73 Å². The SMILES string of the molecule is COCCNC(=O)C(N)=O. The van der Waals surface area contributed by atoms with Crippen LogP contribution in [0.5, 0.6) is 0 Å². The molecule has 2 amide bonds. The molecule has 0 aliphatic carbocycles. The maximum Gasteiger partial charge on any atom is 0.309 e. The van der Waals surface area contributed by atoms with Gasteiger partial charge in [0.15, 0.2) is 0 Å². The van der Waals surface area contributed by atoms with Gasteiger partial charge < -0.3 is 15.8 Å². The third-order valence-electron chi connectivity index (χ3n) is 0.816. The Bertz CT molecular complexity index is 135. The zero-order chi connectivity index (χ0) is 7.98. The predicted octanol–water partition coefficient (Wildman–Crippen LogP) is -1.77. The quantitative estimate of drug-likeness (QED) is 0.365. The van der Waals surface area contributed by atoms with Crippen molar-refractivity contribution in [3.63, 3.8) is 0 Å². The molecule has 0 aromatic rings. The van der Waals surface area contributed by atoms with E-state index in [0.29, 0.717) is 13.2 Å². The molecule has 0 aromatic carbocycles. The maximum atomic E-state index is 10.4. The van der Waals surface area contributed by atoms with Gasteiger partial charge in [0, 0.05) is 13.7 Å². The summed E-state index contributed by atoms with van der Waals surface area (Å²) in [5.74, 6) is -1.76. The maximum absolute atomic E-state index is 10.4. The molecule has 58 valence electrons. The summed E-state index contributed by atoms with van der Waals surface area (Å²) >= 11 is 0. The van der Waals surface area contributed by atoms with Gasteiger partial charge in [-0.25, -0.2) is 0 Å². The van der Waals surface area contributed by atoms with Crippen LogP contribution in [0, 0.1) is 0 Å². The molecule has 0 heterocycles. The second kappa shape index (κ2) is 4.75. The van der Waals surface area contributed by atoms with Crippen molar-refractivity contribution in [3.8, 4) is 0 Å². The second-order valence-electron chi connectivity index (χ2n) is 1.61. The minimum Gasteiger partial charge on any atom is -0.383 e. The lowest BCUT2D eigenvalue weighted by Gasteiger charge is -1.99. The lowest BCUT2D eigenvalue weighted by molar-refractivity contribution is -0.137. The van der Waals surface area contributed by atoms with Crippen LogP contribution < -0.4 is 11.1 Å². The molecule has 0 spiro atoms. The first-order chi connectivity index (χ1) is 4.68. The van der Waals surface area contributed by atoms with Crippen LogP contribution >= 0.6 is 0 Å². The molecule has 0 saturated carbocycles. The van der Waals surface area contributed by atoms with Crippen molar-refractivity contribution < 1.29 is 14.3 Å². The van der Waals surface area contributed by atoms with E-state index < -0.39 is 11.8 Å². The monoisotopic (exact) mass is 146 g/mol. The van der Waals surface area contributed by atoms with E-state index in [-0.39, 0.29) is 0 Å². The Hall–Kier alpha value is -1.10. The van der Waals surface area contributed by atoms with Crippen molar-refractivity contribution >= 4 is 11.8 Å². The molecule has 0 rings (SSSR count). The molecule has 0 aliphatic rings. The average molecular weight is 146 g/mol. The summed E-state index contributed by atoms with van der Waals surface area (Å²) in [6.07, 6.45) is 0. The van der Waals surface area contributed by atoms with E-state index in [9.17, 15) is 9.59 Å². The normalized spacial score (nSPS) is 8.90. The number of hydrogen-bond acceptors (Lipinski definition) is 3. The van der Waals surface area contributed by atoms with Crippen LogP contribution in [-0.2, 0) is 14.3 Å². The van der Waals surface area contributed by atoms with Crippen LogP contribution in [0.2, 0.25) is 0 Å². The molecule has 0 aromatic heterocycles. The van der Waals surface area contributed by atoms with E-state index in [4.69, 9.17) is 0 Å². The second-order valence-corrected chi connectivity index (χ2v) is 1.61. The van der Waals surface area contributed by atoms with E-state index in [0.717, 1.165) is 0 Å². The summed E-state index contributed by atoms with van der Waals surface area (Å²) in [6, 6.07) is 0. The van der Waals surface area contributed by atoms with Crippen molar-refractivity contribution in [2.45, 2.75) is 0 Å². The van der Waals surface area contributed by atoms with E-state index in [1.165, 1.54) is 7.11 Å². The van der Waals surface area contributed by atoms with Crippen LogP contribution in [0.3, 0.4) is 0 Å². The summed E-state index contributed by atoms with van der Waals surface area (Å²) in [4.78, 5) is 20.4. The van der Waals surface area contributed by atoms with Gasteiger partial charge in [-0.05, 0) is 0 Å². The average Bonchev–Trinajstić information content (AvgIpc) is 1.88. The number of primary amides is 1. The van der Waals surface area contributed by atoms with Gasteiger partial charge >= 0.3 is 11.8 Å². The number of methoxy groups -OCH3 is 1. The van der Waals surface area contributed by atoms with E-state index in [1.54, 1.807) is 0 Å². The van der Waals surface area contributed by atoms with Gasteiger partial charge in [-0.3, -0.25) is 9.59 Å². The van der Waals surface area contributed by atoms with Crippen LogP contribution in [0.1, 0.15) is 0 Å². The summed E-state index contributed by atoms with van der Waals surface area (Å²) in [5, 5.41) is 2.24. The Morgan fingerprint density at radius 1 is 1.60 bits per heavy atom. The minimum atomic E-state index is -0.976. The number of carbonyl (C=O) groups excluding carboxylic acids is 2. The van der Waals surface area contributed by atoms with Crippen LogP contribution in [0.15, 0.2) is 0 Å². The Morgan fingerprint density at radius 2 is 2.20 bits per heavy atom. The standard InChI is InChI=1S/C5H10N2O3/c1-10-3-2-7-5(9)4(6)8/h2-3H2,1H3,(H2,6,8)(H,7,9). The number of carbonyl (C=O) groups is 2. The largest absolute Gasteiger partial charge is 0.383 e. The molecule has 10 heavy (non-hydrogen) atoms. The molecule has 0 aliphatic heterocycles. The van der Waals surface area contributed by atoms with Gasteiger partial charge in [0.1, 0.15) is 0 Å². The van der Waals surface area contributed by atoms with Gasteiger partial charge in [0.2, 0.25) is 0 Å². The van der Waals surface area contributed by atoms with E-state index in [2.05, 4.69) is 15.8 Å². The smallest absolute Gasteiger partial charge is 0.309 e. The predicted molar refractivity (Wildman–Crippen MR) is 34.1 cm³/mol. The molecule has 5 nitrogen and oxygen atoms in total. The summed E-state index contributed by atoms with van der Waals surface area (Å²) in [7, 11) is 1.50. The molecular formula is C5H10N2O3. The highest BCUT2D eigenvalue weighted by Gasteiger charge is 2.05. The van der Waals surface area contributed by atoms with Crippen LogP contribution in [-0.4, -0.2) is 32.1 Å². The molecule has 0 saturated heterocycles. The molecule has 3 N–H and O–H groups in total. The highest BCUT2D eigenvalue weighted by Crippen LogP contribution is 1.65. The number of nitrogens with two attached hydrogens (primary N) is 1. The van der Waals surface area contributed by atoms with Crippen molar-refractivity contribution in [1.82, 2.24) is 5.32 Å². The molecule has 0 atom stereocenters. The first-order valence-electron chi connectivity index (χ1n) is 2.75. The Labute approximate surface area is 58.5 Å².